The van der Waals surface area contributed by atoms with Crippen molar-refractivity contribution in [1.82, 2.24) is 10.2 Å². The molecule has 0 aromatic heterocycles. The summed E-state index contributed by atoms with van der Waals surface area (Å²) in [5, 5.41) is 3.37. The van der Waals surface area contributed by atoms with Gasteiger partial charge in [-0.3, -0.25) is 4.90 Å². The Bertz CT molecular complexity index is 172. The average Bonchev–Trinajstić information content (AvgIpc) is 2.21. The predicted octanol–water partition coefficient (Wildman–Crippen LogP) is 1.58. The van der Waals surface area contributed by atoms with Crippen LogP contribution in [0, 0.1) is 18.3 Å². The molecule has 0 fully saturated rings. The number of terminal acetylenes is 1. The van der Waals surface area contributed by atoms with Crippen LogP contribution in [-0.4, -0.2) is 37.1 Å². The van der Waals surface area contributed by atoms with Crippen LogP contribution in [0.1, 0.15) is 27.7 Å². The van der Waals surface area contributed by atoms with Crippen LogP contribution in [0.2, 0.25) is 0 Å². The lowest BCUT2D eigenvalue weighted by Crippen LogP contribution is -2.41. The van der Waals surface area contributed by atoms with Crippen molar-refractivity contribution in [3.05, 3.63) is 0 Å². The summed E-state index contributed by atoms with van der Waals surface area (Å²) in [5.74, 6) is 3.36. The van der Waals surface area contributed by atoms with Gasteiger partial charge in [0.05, 0.1) is 6.54 Å². The third-order valence-electron chi connectivity index (χ3n) is 2.82. The van der Waals surface area contributed by atoms with Crippen LogP contribution in [0.4, 0.5) is 0 Å². The number of hydrogen-bond acceptors (Lipinski definition) is 2. The average molecular weight is 196 g/mol. The van der Waals surface area contributed by atoms with Gasteiger partial charge < -0.3 is 5.32 Å². The molecule has 2 atom stereocenters. The Morgan fingerprint density at radius 1 is 1.36 bits per heavy atom. The van der Waals surface area contributed by atoms with E-state index < -0.39 is 0 Å². The minimum atomic E-state index is 0.551. The maximum absolute atomic E-state index is 5.34. The lowest BCUT2D eigenvalue weighted by atomic mass is 10.0. The second-order valence-corrected chi connectivity index (χ2v) is 3.79. The zero-order valence-electron chi connectivity index (χ0n) is 10.0. The second-order valence-electron chi connectivity index (χ2n) is 3.79. The van der Waals surface area contributed by atoms with Crippen molar-refractivity contribution in [2.75, 3.05) is 26.2 Å². The van der Waals surface area contributed by atoms with Gasteiger partial charge in [0.25, 0.3) is 0 Å². The van der Waals surface area contributed by atoms with Gasteiger partial charge in [-0.15, -0.1) is 6.42 Å². The van der Waals surface area contributed by atoms with Crippen LogP contribution >= 0.6 is 0 Å². The first-order valence-electron chi connectivity index (χ1n) is 5.55. The highest BCUT2D eigenvalue weighted by molar-refractivity contribution is 4.90. The molecule has 14 heavy (non-hydrogen) atoms. The molecule has 0 aliphatic carbocycles. The molecule has 0 rings (SSSR count). The smallest absolute Gasteiger partial charge is 0.0601 e. The molecule has 0 saturated heterocycles. The topological polar surface area (TPSA) is 15.3 Å². The summed E-state index contributed by atoms with van der Waals surface area (Å²) in [6, 6.07) is 0.551. The Hall–Kier alpha value is -0.520. The van der Waals surface area contributed by atoms with E-state index in [1.54, 1.807) is 0 Å². The molecule has 2 nitrogen and oxygen atoms in total. The molecule has 0 aromatic carbocycles. The van der Waals surface area contributed by atoms with Crippen LogP contribution in [-0.2, 0) is 0 Å². The summed E-state index contributed by atoms with van der Waals surface area (Å²) < 4.78 is 0. The Morgan fingerprint density at radius 3 is 2.43 bits per heavy atom. The number of rotatable bonds is 7. The molecular formula is C12H24N2. The molecule has 2 heteroatoms. The van der Waals surface area contributed by atoms with Gasteiger partial charge in [-0.25, -0.2) is 0 Å². The highest BCUT2D eigenvalue weighted by atomic mass is 15.1. The van der Waals surface area contributed by atoms with E-state index in [2.05, 4.69) is 43.8 Å². The second kappa shape index (κ2) is 7.84. The van der Waals surface area contributed by atoms with Gasteiger partial charge in [0.15, 0.2) is 0 Å². The third kappa shape index (κ3) is 4.64. The highest BCUT2D eigenvalue weighted by Gasteiger charge is 2.17. The number of hydrogen-bond donors (Lipinski definition) is 1. The van der Waals surface area contributed by atoms with E-state index in [0.717, 1.165) is 26.2 Å². The minimum absolute atomic E-state index is 0.551. The van der Waals surface area contributed by atoms with E-state index in [4.69, 9.17) is 6.42 Å². The summed E-state index contributed by atoms with van der Waals surface area (Å²) >= 11 is 0. The third-order valence-corrected chi connectivity index (χ3v) is 2.82. The Kier molecular flexibility index (Phi) is 7.55. The van der Waals surface area contributed by atoms with E-state index in [1.807, 2.05) is 0 Å². The summed E-state index contributed by atoms with van der Waals surface area (Å²) in [6.45, 7) is 12.7. The molecule has 0 heterocycles. The van der Waals surface area contributed by atoms with Crippen LogP contribution in [0.3, 0.4) is 0 Å². The highest BCUT2D eigenvalue weighted by Crippen LogP contribution is 2.09. The predicted molar refractivity (Wildman–Crippen MR) is 63.2 cm³/mol. The van der Waals surface area contributed by atoms with Crippen molar-refractivity contribution in [2.24, 2.45) is 5.92 Å². The van der Waals surface area contributed by atoms with Crippen molar-refractivity contribution in [3.63, 3.8) is 0 Å². The van der Waals surface area contributed by atoms with Gasteiger partial charge in [0.1, 0.15) is 0 Å². The normalized spacial score (nSPS) is 15.1. The monoisotopic (exact) mass is 196 g/mol. The van der Waals surface area contributed by atoms with Crippen molar-refractivity contribution >= 4 is 0 Å². The lowest BCUT2D eigenvalue weighted by molar-refractivity contribution is 0.188. The number of nitrogens with one attached hydrogen (secondary N) is 1. The van der Waals surface area contributed by atoms with Crippen molar-refractivity contribution in [2.45, 2.75) is 33.7 Å². The molecule has 0 bridgehead atoms. The quantitative estimate of drug-likeness (QED) is 0.622. The summed E-state index contributed by atoms with van der Waals surface area (Å²) in [6.07, 6.45) is 5.34. The van der Waals surface area contributed by atoms with Crippen molar-refractivity contribution in [3.8, 4) is 12.3 Å². The molecule has 1 N–H and O–H groups in total. The first-order chi connectivity index (χ1) is 6.67. The van der Waals surface area contributed by atoms with Crippen LogP contribution in [0.15, 0.2) is 0 Å². The Morgan fingerprint density at radius 2 is 2.00 bits per heavy atom. The van der Waals surface area contributed by atoms with Gasteiger partial charge in [0, 0.05) is 6.04 Å². The molecule has 0 aliphatic rings. The van der Waals surface area contributed by atoms with Gasteiger partial charge >= 0.3 is 0 Å². The summed E-state index contributed by atoms with van der Waals surface area (Å²) in [4.78, 5) is 2.34. The number of nitrogens with zero attached hydrogens (tertiary/aromatic N) is 1. The fourth-order valence-corrected chi connectivity index (χ4v) is 1.56. The van der Waals surface area contributed by atoms with Gasteiger partial charge in [-0.2, -0.15) is 0 Å². The minimum Gasteiger partial charge on any atom is -0.317 e. The molecule has 0 aromatic rings. The molecule has 0 spiro atoms. The maximum atomic E-state index is 5.34. The van der Waals surface area contributed by atoms with Crippen molar-refractivity contribution < 1.29 is 0 Å². The van der Waals surface area contributed by atoms with Crippen LogP contribution in [0.25, 0.3) is 0 Å². The Balaban J connectivity index is 3.99. The van der Waals surface area contributed by atoms with Gasteiger partial charge in [0.2, 0.25) is 0 Å². The van der Waals surface area contributed by atoms with E-state index >= 15 is 0 Å². The van der Waals surface area contributed by atoms with Crippen LogP contribution < -0.4 is 5.32 Å². The van der Waals surface area contributed by atoms with E-state index in [0.29, 0.717) is 12.0 Å². The first-order valence-corrected chi connectivity index (χ1v) is 5.55. The SMILES string of the molecule is C#CCN(CC)C(C)C(C)CNCC. The molecule has 2 unspecified atom stereocenters. The largest absolute Gasteiger partial charge is 0.317 e. The van der Waals surface area contributed by atoms with E-state index in [9.17, 15) is 0 Å². The molecule has 0 saturated carbocycles. The van der Waals surface area contributed by atoms with E-state index in [1.165, 1.54) is 0 Å². The zero-order valence-corrected chi connectivity index (χ0v) is 10.0. The van der Waals surface area contributed by atoms with Gasteiger partial charge in [-0.1, -0.05) is 26.7 Å². The Labute approximate surface area is 89.1 Å². The van der Waals surface area contributed by atoms with Crippen LogP contribution in [0.5, 0.6) is 0 Å². The zero-order chi connectivity index (χ0) is 11.0. The molecule has 0 aliphatic heterocycles. The fourth-order valence-electron chi connectivity index (χ4n) is 1.56. The summed E-state index contributed by atoms with van der Waals surface area (Å²) in [7, 11) is 0. The fraction of sp³-hybridized carbons (Fsp3) is 0.833. The first kappa shape index (κ1) is 13.5. The molecule has 0 radical (unpaired) electrons. The van der Waals surface area contributed by atoms with Crippen molar-refractivity contribution in [1.29, 1.82) is 0 Å². The summed E-state index contributed by atoms with van der Waals surface area (Å²) in [5.41, 5.74) is 0. The molecular weight excluding hydrogens is 172 g/mol. The van der Waals surface area contributed by atoms with Gasteiger partial charge in [-0.05, 0) is 32.5 Å². The lowest BCUT2D eigenvalue weighted by Gasteiger charge is -2.30. The van der Waals surface area contributed by atoms with E-state index in [-0.39, 0.29) is 0 Å². The standard InChI is InChI=1S/C12H24N2/c1-6-9-14(8-3)12(5)11(4)10-13-7-2/h1,11-13H,7-10H2,2-5H3. The molecule has 82 valence electrons. The maximum Gasteiger partial charge on any atom is 0.0601 e. The molecule has 0 amide bonds.